The molecule has 7 heteroatoms. The molecular formula is C23H32N3O4+. The molecule has 1 aliphatic rings. The van der Waals surface area contributed by atoms with Crippen molar-refractivity contribution < 1.29 is 23.9 Å². The first-order chi connectivity index (χ1) is 14.5. The lowest BCUT2D eigenvalue weighted by atomic mass is 9.94. The number of rotatable bonds is 9. The number of ether oxygens (including phenoxy) is 2. The Kier molecular flexibility index (Phi) is 7.29. The maximum absolute atomic E-state index is 12.6. The average Bonchev–Trinajstić information content (AvgIpc) is 3.04. The van der Waals surface area contributed by atoms with E-state index in [0.29, 0.717) is 31.9 Å². The van der Waals surface area contributed by atoms with Crippen molar-refractivity contribution in [2.24, 2.45) is 5.92 Å². The number of carbonyl (C=O) groups excluding carboxylic acids is 1. The maximum atomic E-state index is 12.6. The first kappa shape index (κ1) is 22.1. The first-order valence-corrected chi connectivity index (χ1v) is 10.3. The number of aromatic amines is 1. The summed E-state index contributed by atoms with van der Waals surface area (Å²) in [6.07, 6.45) is 2.46. The third kappa shape index (κ3) is 4.74. The van der Waals surface area contributed by atoms with Crippen molar-refractivity contribution in [3.63, 3.8) is 0 Å². The van der Waals surface area contributed by atoms with Crippen LogP contribution in [0.15, 0.2) is 24.3 Å². The van der Waals surface area contributed by atoms with E-state index >= 15 is 0 Å². The van der Waals surface area contributed by atoms with Gasteiger partial charge < -0.3 is 19.9 Å². The number of aromatic nitrogens is 2. The number of aryl methyl sites for hydroxylation is 3. The topological polar surface area (TPSA) is 87.5 Å². The van der Waals surface area contributed by atoms with Crippen LogP contribution in [0.5, 0.6) is 0 Å². The summed E-state index contributed by atoms with van der Waals surface area (Å²) < 4.78 is 13.8. The number of nitrogens with one attached hydrogen (secondary N) is 2. The van der Waals surface area contributed by atoms with E-state index < -0.39 is 0 Å². The van der Waals surface area contributed by atoms with E-state index in [1.807, 2.05) is 19.1 Å². The zero-order valence-corrected chi connectivity index (χ0v) is 18.2. The molecule has 2 aromatic rings. The van der Waals surface area contributed by atoms with Gasteiger partial charge in [0.1, 0.15) is 13.2 Å². The van der Waals surface area contributed by atoms with Gasteiger partial charge in [-0.05, 0) is 36.6 Å². The summed E-state index contributed by atoms with van der Waals surface area (Å²) in [6.45, 7) is 8.04. The molecule has 162 valence electrons. The standard InChI is InChI=1S/C23H31N3O4/c1-15-6-5-7-16(2)19(15)14-30-21-13-18(23(28)24-8-10-27)12-20-22(21)26(9-11-29-4)17(3)25-20/h5-7,13,18,27H,8-12,14H2,1-4H3,(H,24,28)/p+1. The van der Waals surface area contributed by atoms with Crippen molar-refractivity contribution in [1.29, 1.82) is 0 Å². The third-order valence-electron chi connectivity index (χ3n) is 5.59. The number of nitrogens with zero attached hydrogens (tertiary/aromatic N) is 1. The van der Waals surface area contributed by atoms with E-state index in [-0.39, 0.29) is 25.0 Å². The van der Waals surface area contributed by atoms with Crippen LogP contribution < -0.4 is 9.88 Å². The fourth-order valence-electron chi connectivity index (χ4n) is 3.93. The third-order valence-corrected chi connectivity index (χ3v) is 5.59. The minimum Gasteiger partial charge on any atom is -0.485 e. The molecule has 0 radical (unpaired) electrons. The monoisotopic (exact) mass is 414 g/mol. The second-order valence-electron chi connectivity index (χ2n) is 7.70. The largest absolute Gasteiger partial charge is 0.485 e. The Morgan fingerprint density at radius 2 is 2.03 bits per heavy atom. The summed E-state index contributed by atoms with van der Waals surface area (Å²) in [5, 5.41) is 11.8. The molecule has 0 spiro atoms. The molecule has 1 aromatic heterocycles. The van der Waals surface area contributed by atoms with Gasteiger partial charge in [0.25, 0.3) is 5.82 Å². The van der Waals surface area contributed by atoms with Crippen LogP contribution in [-0.2, 0) is 33.8 Å². The molecule has 0 aliphatic heterocycles. The minimum atomic E-state index is -0.356. The van der Waals surface area contributed by atoms with E-state index in [0.717, 1.165) is 22.8 Å². The minimum absolute atomic E-state index is 0.0814. The maximum Gasteiger partial charge on any atom is 0.251 e. The van der Waals surface area contributed by atoms with Crippen LogP contribution in [0.3, 0.4) is 0 Å². The van der Waals surface area contributed by atoms with Gasteiger partial charge >= 0.3 is 0 Å². The number of hydrogen-bond acceptors (Lipinski definition) is 4. The van der Waals surface area contributed by atoms with E-state index in [9.17, 15) is 4.79 Å². The van der Waals surface area contributed by atoms with Gasteiger partial charge in [0.15, 0.2) is 11.5 Å². The molecule has 1 heterocycles. The van der Waals surface area contributed by atoms with Gasteiger partial charge in [0.2, 0.25) is 11.6 Å². The number of imidazole rings is 1. The van der Waals surface area contributed by atoms with Crippen molar-refractivity contribution in [1.82, 2.24) is 10.3 Å². The number of carbonyl (C=O) groups is 1. The summed E-state index contributed by atoms with van der Waals surface area (Å²) in [6, 6.07) is 6.20. The molecule has 1 aromatic carbocycles. The van der Waals surface area contributed by atoms with Crippen LogP contribution in [0.25, 0.3) is 5.76 Å². The second-order valence-corrected chi connectivity index (χ2v) is 7.70. The van der Waals surface area contributed by atoms with E-state index in [1.54, 1.807) is 7.11 Å². The summed E-state index contributed by atoms with van der Waals surface area (Å²) >= 11 is 0. The van der Waals surface area contributed by atoms with Crippen LogP contribution in [0.2, 0.25) is 0 Å². The molecular weight excluding hydrogens is 382 g/mol. The molecule has 7 nitrogen and oxygen atoms in total. The molecule has 30 heavy (non-hydrogen) atoms. The number of aliphatic hydroxyl groups excluding tert-OH is 1. The number of fused-ring (bicyclic) bond motifs is 1. The van der Waals surface area contributed by atoms with Gasteiger partial charge in [-0.1, -0.05) is 18.2 Å². The fourth-order valence-corrected chi connectivity index (χ4v) is 3.93. The first-order valence-electron chi connectivity index (χ1n) is 10.3. The van der Waals surface area contributed by atoms with E-state index in [2.05, 4.69) is 40.8 Å². The van der Waals surface area contributed by atoms with Crippen molar-refractivity contribution in [2.45, 2.75) is 40.3 Å². The number of benzene rings is 1. The van der Waals surface area contributed by atoms with Crippen molar-refractivity contribution in [3.05, 3.63) is 58.2 Å². The molecule has 3 rings (SSSR count). The SMILES string of the molecule is COCC[n+]1c(C)[nH]c2c1C(OCc1c(C)cccc1C)=CC(C(=O)NCCO)C2. The molecule has 1 atom stereocenters. The Balaban J connectivity index is 1.93. The van der Waals surface area contributed by atoms with Crippen LogP contribution in [-0.4, -0.2) is 42.9 Å². The van der Waals surface area contributed by atoms with Crippen molar-refractivity contribution in [3.8, 4) is 0 Å². The molecule has 3 N–H and O–H groups in total. The van der Waals surface area contributed by atoms with Crippen molar-refractivity contribution >= 4 is 11.7 Å². The summed E-state index contributed by atoms with van der Waals surface area (Å²) in [7, 11) is 1.69. The average molecular weight is 415 g/mol. The lowest BCUT2D eigenvalue weighted by Crippen LogP contribution is -2.42. The molecule has 0 fully saturated rings. The van der Waals surface area contributed by atoms with Crippen LogP contribution in [0.1, 0.15) is 33.9 Å². The number of hydrogen-bond donors (Lipinski definition) is 3. The summed E-state index contributed by atoms with van der Waals surface area (Å²) in [5.74, 6) is 1.23. The number of amides is 1. The number of methoxy groups -OCH3 is 1. The van der Waals surface area contributed by atoms with Crippen LogP contribution in [0, 0.1) is 26.7 Å². The van der Waals surface area contributed by atoms with Gasteiger partial charge in [0.05, 0.1) is 19.1 Å². The zero-order chi connectivity index (χ0) is 21.7. The van der Waals surface area contributed by atoms with Crippen molar-refractivity contribution in [2.75, 3.05) is 26.9 Å². The highest BCUT2D eigenvalue weighted by Crippen LogP contribution is 2.29. The Morgan fingerprint density at radius 3 is 2.70 bits per heavy atom. The summed E-state index contributed by atoms with van der Waals surface area (Å²) in [5.41, 5.74) is 5.47. The van der Waals surface area contributed by atoms with Gasteiger partial charge in [0, 0.05) is 27.0 Å². The number of aliphatic hydroxyl groups is 1. The Hall–Kier alpha value is -2.64. The van der Waals surface area contributed by atoms with Crippen LogP contribution >= 0.6 is 0 Å². The molecule has 1 amide bonds. The molecule has 0 bridgehead atoms. The predicted molar refractivity (Wildman–Crippen MR) is 114 cm³/mol. The van der Waals surface area contributed by atoms with Gasteiger partial charge in [-0.3, -0.25) is 4.79 Å². The zero-order valence-electron chi connectivity index (χ0n) is 18.2. The molecule has 0 saturated heterocycles. The number of H-pyrrole nitrogens is 1. The summed E-state index contributed by atoms with van der Waals surface area (Å²) in [4.78, 5) is 16.0. The van der Waals surface area contributed by atoms with Crippen LogP contribution in [0.4, 0.5) is 0 Å². The second kappa shape index (κ2) is 9.91. The Labute approximate surface area is 177 Å². The van der Waals surface area contributed by atoms with E-state index in [4.69, 9.17) is 14.6 Å². The lowest BCUT2D eigenvalue weighted by Gasteiger charge is -2.20. The Morgan fingerprint density at radius 1 is 1.30 bits per heavy atom. The smallest absolute Gasteiger partial charge is 0.251 e. The highest BCUT2D eigenvalue weighted by atomic mass is 16.5. The lowest BCUT2D eigenvalue weighted by molar-refractivity contribution is -0.705. The fraction of sp³-hybridized carbons (Fsp3) is 0.478. The normalized spacial score (nSPS) is 15.5. The van der Waals surface area contributed by atoms with Gasteiger partial charge in [-0.2, -0.15) is 0 Å². The highest BCUT2D eigenvalue weighted by molar-refractivity contribution is 5.83. The molecule has 0 saturated carbocycles. The molecule has 1 unspecified atom stereocenters. The Bertz CT molecular complexity index is 913. The van der Waals surface area contributed by atoms with E-state index in [1.165, 1.54) is 11.1 Å². The predicted octanol–water partition coefficient (Wildman–Crippen LogP) is 1.71. The van der Waals surface area contributed by atoms with Gasteiger partial charge in [-0.25, -0.2) is 9.55 Å². The quantitative estimate of drug-likeness (QED) is 0.545. The molecule has 1 aliphatic carbocycles. The highest BCUT2D eigenvalue weighted by Gasteiger charge is 2.35. The van der Waals surface area contributed by atoms with Gasteiger partial charge in [-0.15, -0.1) is 0 Å².